The van der Waals surface area contributed by atoms with E-state index in [4.69, 9.17) is 4.74 Å². The third-order valence-corrected chi connectivity index (χ3v) is 8.46. The van der Waals surface area contributed by atoms with E-state index in [1.54, 1.807) is 18.2 Å². The summed E-state index contributed by atoms with van der Waals surface area (Å²) in [5.41, 5.74) is -1.74. The molecule has 1 aromatic carbocycles. The summed E-state index contributed by atoms with van der Waals surface area (Å²) in [6.45, 7) is 3.69. The normalized spacial score (nSPS) is 22.4. The molecule has 3 aromatic rings. The van der Waals surface area contributed by atoms with E-state index >= 15 is 0 Å². The summed E-state index contributed by atoms with van der Waals surface area (Å²) in [5, 5.41) is 12.2. The molecule has 0 unspecified atom stereocenters. The van der Waals surface area contributed by atoms with E-state index in [0.717, 1.165) is 12.1 Å². The number of aliphatic carboxylic acids is 1. The Morgan fingerprint density at radius 1 is 1.07 bits per heavy atom. The van der Waals surface area contributed by atoms with Crippen LogP contribution in [-0.4, -0.2) is 47.2 Å². The van der Waals surface area contributed by atoms with Crippen molar-refractivity contribution >= 4 is 27.6 Å². The molecule has 0 amide bonds. The van der Waals surface area contributed by atoms with Crippen molar-refractivity contribution in [3.63, 3.8) is 0 Å². The number of benzene rings is 1. The molecule has 0 aliphatic carbocycles. The van der Waals surface area contributed by atoms with Crippen LogP contribution in [0.5, 0.6) is 0 Å². The SMILES string of the molecule is CC(C)c1ccccc1-c1nc(NS(=O)(=O)c2cccc(N[C@@H]3C[C@@]4(C(=O)O)CC[C@@H]3O4)n2)ccc1C(F)(F)F. The standard InChI is InChI=1S/C27H27F3N4O5S/c1-15(2)16-6-3-4-7-17(16)24-18(27(28,29)30)10-11-22(33-24)34-40(37,38)23-9-5-8-21(32-23)31-19-14-26(25(35)36)13-12-20(19)39-26/h3-11,15,19-20H,12-14H2,1-2H3,(H,31,32)(H,33,34)(H,35,36)/t19-,20+,26-/m1/s1. The molecular formula is C27H27F3N4O5S. The van der Waals surface area contributed by atoms with Crippen molar-refractivity contribution in [1.82, 2.24) is 9.97 Å². The van der Waals surface area contributed by atoms with Crippen LogP contribution in [0.4, 0.5) is 24.8 Å². The largest absolute Gasteiger partial charge is 0.479 e. The first-order valence-electron chi connectivity index (χ1n) is 12.6. The highest BCUT2D eigenvalue weighted by atomic mass is 32.2. The number of fused-ring (bicyclic) bond motifs is 2. The summed E-state index contributed by atoms with van der Waals surface area (Å²) in [4.78, 5) is 19.9. The summed E-state index contributed by atoms with van der Waals surface area (Å²) in [7, 11) is -4.35. The monoisotopic (exact) mass is 576 g/mol. The van der Waals surface area contributed by atoms with Crippen LogP contribution < -0.4 is 10.0 Å². The second-order valence-corrected chi connectivity index (χ2v) is 11.9. The van der Waals surface area contributed by atoms with Gasteiger partial charge in [-0.3, -0.25) is 4.72 Å². The lowest BCUT2D eigenvalue weighted by atomic mass is 9.85. The molecule has 0 saturated carbocycles. The van der Waals surface area contributed by atoms with Crippen LogP contribution in [-0.2, 0) is 25.7 Å². The third-order valence-electron chi connectivity index (χ3n) is 7.21. The van der Waals surface area contributed by atoms with E-state index in [1.165, 1.54) is 24.3 Å². The van der Waals surface area contributed by atoms with Crippen molar-refractivity contribution in [3.8, 4) is 11.3 Å². The Balaban J connectivity index is 1.42. The summed E-state index contributed by atoms with van der Waals surface area (Å²) in [5.74, 6) is -1.25. The van der Waals surface area contributed by atoms with Crippen LogP contribution in [0.3, 0.4) is 0 Å². The van der Waals surface area contributed by atoms with E-state index in [2.05, 4.69) is 20.0 Å². The van der Waals surface area contributed by atoms with Crippen molar-refractivity contribution in [1.29, 1.82) is 0 Å². The number of hydrogen-bond donors (Lipinski definition) is 3. The number of carbonyl (C=O) groups is 1. The predicted octanol–water partition coefficient (Wildman–Crippen LogP) is 5.27. The Hall–Kier alpha value is -3.71. The number of nitrogens with one attached hydrogen (secondary N) is 2. The maximum Gasteiger partial charge on any atom is 0.418 e. The number of ether oxygens (including phenoxy) is 1. The number of carboxylic acid groups (broad SMARTS) is 1. The molecular weight excluding hydrogens is 549 g/mol. The first-order chi connectivity index (χ1) is 18.8. The summed E-state index contributed by atoms with van der Waals surface area (Å²) in [6.07, 6.45) is -3.90. The number of alkyl halides is 3. The van der Waals surface area contributed by atoms with Crippen molar-refractivity contribution in [2.24, 2.45) is 0 Å². The van der Waals surface area contributed by atoms with Crippen LogP contribution in [0, 0.1) is 0 Å². The van der Waals surface area contributed by atoms with E-state index in [9.17, 15) is 31.5 Å². The highest BCUT2D eigenvalue weighted by Gasteiger charge is 2.57. The number of sulfonamides is 1. The molecule has 13 heteroatoms. The molecule has 0 spiro atoms. The Morgan fingerprint density at radius 2 is 1.82 bits per heavy atom. The van der Waals surface area contributed by atoms with Gasteiger partial charge in [-0.2, -0.15) is 21.6 Å². The van der Waals surface area contributed by atoms with Gasteiger partial charge in [-0.15, -0.1) is 0 Å². The van der Waals surface area contributed by atoms with Gasteiger partial charge in [0.05, 0.1) is 23.4 Å². The van der Waals surface area contributed by atoms with Crippen LogP contribution >= 0.6 is 0 Å². The minimum Gasteiger partial charge on any atom is -0.479 e. The average molecular weight is 577 g/mol. The average Bonchev–Trinajstić information content (AvgIpc) is 3.48. The molecule has 0 radical (unpaired) electrons. The van der Waals surface area contributed by atoms with Gasteiger partial charge in [-0.05, 0) is 48.6 Å². The number of anilines is 2. The number of nitrogens with zero attached hydrogens (tertiary/aromatic N) is 2. The maximum atomic E-state index is 13.9. The molecule has 2 aliphatic heterocycles. The van der Waals surface area contributed by atoms with E-state index in [1.807, 2.05) is 13.8 Å². The van der Waals surface area contributed by atoms with Crippen molar-refractivity contribution < 1.29 is 36.2 Å². The van der Waals surface area contributed by atoms with Gasteiger partial charge in [0.25, 0.3) is 10.0 Å². The fourth-order valence-electron chi connectivity index (χ4n) is 5.28. The zero-order valence-corrected chi connectivity index (χ0v) is 22.4. The molecule has 40 heavy (non-hydrogen) atoms. The second kappa shape index (κ2) is 10.0. The Morgan fingerprint density at radius 3 is 2.50 bits per heavy atom. The lowest BCUT2D eigenvalue weighted by molar-refractivity contribution is -0.158. The van der Waals surface area contributed by atoms with Gasteiger partial charge in [0, 0.05) is 12.0 Å². The molecule has 2 aromatic heterocycles. The lowest BCUT2D eigenvalue weighted by Crippen LogP contribution is -2.39. The fraction of sp³-hybridized carbons (Fsp3) is 0.370. The first kappa shape index (κ1) is 27.8. The Labute approximate surface area is 228 Å². The predicted molar refractivity (Wildman–Crippen MR) is 140 cm³/mol. The molecule has 4 heterocycles. The van der Waals surface area contributed by atoms with Crippen LogP contribution in [0.1, 0.15) is 50.2 Å². The highest BCUT2D eigenvalue weighted by Crippen LogP contribution is 2.45. The molecule has 2 saturated heterocycles. The third kappa shape index (κ3) is 5.22. The van der Waals surface area contributed by atoms with Gasteiger partial charge in [0.15, 0.2) is 10.6 Å². The van der Waals surface area contributed by atoms with E-state index in [-0.39, 0.29) is 52.4 Å². The van der Waals surface area contributed by atoms with Gasteiger partial charge in [0.1, 0.15) is 11.6 Å². The minimum atomic E-state index is -4.71. The Bertz CT molecular complexity index is 1560. The van der Waals surface area contributed by atoms with Gasteiger partial charge in [-0.1, -0.05) is 44.2 Å². The number of hydrogen-bond acceptors (Lipinski definition) is 7. The van der Waals surface area contributed by atoms with Crippen molar-refractivity contribution in [3.05, 3.63) is 65.7 Å². The summed E-state index contributed by atoms with van der Waals surface area (Å²) < 4.78 is 76.0. The molecule has 5 rings (SSSR count). The van der Waals surface area contributed by atoms with E-state index < -0.39 is 33.3 Å². The van der Waals surface area contributed by atoms with Crippen LogP contribution in [0.25, 0.3) is 11.3 Å². The van der Waals surface area contributed by atoms with E-state index in [0.29, 0.717) is 18.4 Å². The van der Waals surface area contributed by atoms with Crippen molar-refractivity contribution in [2.45, 2.75) is 68.0 Å². The minimum absolute atomic E-state index is 0.107. The highest BCUT2D eigenvalue weighted by molar-refractivity contribution is 7.92. The second-order valence-electron chi connectivity index (χ2n) is 10.2. The summed E-state index contributed by atoms with van der Waals surface area (Å²) in [6, 6.07) is 12.2. The first-order valence-corrected chi connectivity index (χ1v) is 14.1. The smallest absolute Gasteiger partial charge is 0.418 e. The van der Waals surface area contributed by atoms with Gasteiger partial charge in [0.2, 0.25) is 0 Å². The number of rotatable bonds is 8. The van der Waals surface area contributed by atoms with Crippen molar-refractivity contribution in [2.75, 3.05) is 10.0 Å². The van der Waals surface area contributed by atoms with Gasteiger partial charge < -0.3 is 15.2 Å². The van der Waals surface area contributed by atoms with Gasteiger partial charge >= 0.3 is 12.1 Å². The summed E-state index contributed by atoms with van der Waals surface area (Å²) >= 11 is 0. The zero-order valence-electron chi connectivity index (χ0n) is 21.6. The molecule has 2 bridgehead atoms. The fourth-order valence-corrected chi connectivity index (χ4v) is 6.25. The number of carboxylic acids is 1. The number of aromatic nitrogens is 2. The molecule has 3 N–H and O–H groups in total. The topological polar surface area (TPSA) is 131 Å². The Kier molecular flexibility index (Phi) is 6.99. The molecule has 2 fully saturated rings. The number of halogens is 3. The van der Waals surface area contributed by atoms with Crippen LogP contribution in [0.15, 0.2) is 59.6 Å². The zero-order chi connectivity index (χ0) is 28.9. The molecule has 2 aliphatic rings. The number of pyridine rings is 2. The van der Waals surface area contributed by atoms with Gasteiger partial charge in [-0.25, -0.2) is 14.8 Å². The lowest BCUT2D eigenvalue weighted by Gasteiger charge is -2.24. The van der Waals surface area contributed by atoms with Crippen LogP contribution in [0.2, 0.25) is 0 Å². The molecule has 9 nitrogen and oxygen atoms in total. The molecule has 212 valence electrons. The quantitative estimate of drug-likeness (QED) is 0.331. The maximum absolute atomic E-state index is 13.9. The molecule has 3 atom stereocenters.